The molecule has 0 bridgehead atoms. The third-order valence-electron chi connectivity index (χ3n) is 4.67. The molecule has 25 heavy (non-hydrogen) atoms. The Kier molecular flexibility index (Phi) is 5.33. The highest BCUT2D eigenvalue weighted by Crippen LogP contribution is 2.28. The van der Waals surface area contributed by atoms with Crippen molar-refractivity contribution in [3.63, 3.8) is 0 Å². The quantitative estimate of drug-likeness (QED) is 0.898. The summed E-state index contributed by atoms with van der Waals surface area (Å²) in [5.74, 6) is -0.437. The van der Waals surface area contributed by atoms with Crippen LogP contribution in [0.15, 0.2) is 24.3 Å². The molecule has 2 aliphatic rings. The van der Waals surface area contributed by atoms with E-state index in [1.807, 2.05) is 12.1 Å². The van der Waals surface area contributed by atoms with Gasteiger partial charge in [-0.3, -0.25) is 14.4 Å². The lowest BCUT2D eigenvalue weighted by molar-refractivity contribution is -0.143. The second-order valence-electron chi connectivity index (χ2n) is 6.34. The van der Waals surface area contributed by atoms with Crippen LogP contribution < -0.4 is 10.2 Å². The summed E-state index contributed by atoms with van der Waals surface area (Å²) in [4.78, 5) is 40.4. The average Bonchev–Trinajstić information content (AvgIpc) is 2.88. The summed E-state index contributed by atoms with van der Waals surface area (Å²) in [7, 11) is 1.52. The minimum Gasteiger partial charge on any atom is -0.372 e. The molecule has 1 atom stereocenters. The Labute approximate surface area is 146 Å². The molecule has 0 saturated carbocycles. The maximum atomic E-state index is 12.9. The molecule has 2 heterocycles. The summed E-state index contributed by atoms with van der Waals surface area (Å²) >= 11 is 0. The summed E-state index contributed by atoms with van der Waals surface area (Å²) in [6.45, 7) is 0.857. The molecule has 0 aromatic heterocycles. The van der Waals surface area contributed by atoms with Gasteiger partial charge in [0.1, 0.15) is 12.6 Å². The normalized spacial score (nSPS) is 21.2. The van der Waals surface area contributed by atoms with Gasteiger partial charge in [0.05, 0.1) is 11.4 Å². The number of likely N-dealkylation sites (tertiary alicyclic amines) is 1. The highest BCUT2D eigenvalue weighted by Gasteiger charge is 2.31. The molecule has 2 aliphatic heterocycles. The highest BCUT2D eigenvalue weighted by molar-refractivity contribution is 6.05. The maximum Gasteiger partial charge on any atom is 0.252 e. The summed E-state index contributed by atoms with van der Waals surface area (Å²) in [6.07, 6.45) is 2.20. The topological polar surface area (TPSA) is 79.0 Å². The molecule has 0 radical (unpaired) electrons. The number of anilines is 2. The molecule has 0 aliphatic carbocycles. The summed E-state index contributed by atoms with van der Waals surface area (Å²) in [5.41, 5.74) is 1.29. The second-order valence-corrected chi connectivity index (χ2v) is 6.34. The van der Waals surface area contributed by atoms with Crippen LogP contribution in [0.5, 0.6) is 0 Å². The standard InChI is InChI=1S/C18H23N3O4/c1-25-15-8-4-5-10-20(18(15)24)12-17(23)21-11-9-16(22)19-13-6-2-3-7-14(13)21/h2-3,6-7,15H,4-5,8-12H2,1H3,(H,19,22). The molecule has 1 unspecified atom stereocenters. The molecule has 1 N–H and O–H groups in total. The fourth-order valence-electron chi connectivity index (χ4n) is 3.31. The Morgan fingerprint density at radius 3 is 2.84 bits per heavy atom. The number of amides is 3. The first-order valence-electron chi connectivity index (χ1n) is 8.61. The summed E-state index contributed by atoms with van der Waals surface area (Å²) in [5, 5.41) is 2.81. The van der Waals surface area contributed by atoms with Crippen LogP contribution in [0, 0.1) is 0 Å². The number of fused-ring (bicyclic) bond motifs is 1. The highest BCUT2D eigenvalue weighted by atomic mass is 16.5. The number of nitrogens with one attached hydrogen (secondary N) is 1. The molecule has 7 nitrogen and oxygen atoms in total. The zero-order chi connectivity index (χ0) is 17.8. The lowest BCUT2D eigenvalue weighted by Crippen LogP contribution is -2.46. The van der Waals surface area contributed by atoms with Gasteiger partial charge in [-0.25, -0.2) is 0 Å². The van der Waals surface area contributed by atoms with Gasteiger partial charge in [0.2, 0.25) is 11.8 Å². The van der Waals surface area contributed by atoms with Crippen molar-refractivity contribution < 1.29 is 19.1 Å². The maximum absolute atomic E-state index is 12.9. The van der Waals surface area contributed by atoms with Crippen molar-refractivity contribution in [2.24, 2.45) is 0 Å². The van der Waals surface area contributed by atoms with E-state index >= 15 is 0 Å². The molecule has 3 amide bonds. The van der Waals surface area contributed by atoms with Gasteiger partial charge in [-0.15, -0.1) is 0 Å². The van der Waals surface area contributed by atoms with Gasteiger partial charge in [0.25, 0.3) is 5.91 Å². The molecule has 7 heteroatoms. The summed E-state index contributed by atoms with van der Waals surface area (Å²) < 4.78 is 5.26. The molecule has 0 spiro atoms. The van der Waals surface area contributed by atoms with E-state index in [2.05, 4.69) is 5.32 Å². The van der Waals surface area contributed by atoms with Crippen LogP contribution >= 0.6 is 0 Å². The molecular formula is C18H23N3O4. The van der Waals surface area contributed by atoms with Crippen molar-refractivity contribution in [2.45, 2.75) is 31.8 Å². The Hall–Kier alpha value is -2.41. The number of hydrogen-bond donors (Lipinski definition) is 1. The van der Waals surface area contributed by atoms with E-state index in [0.29, 0.717) is 30.9 Å². The molecule has 1 saturated heterocycles. The fraction of sp³-hybridized carbons (Fsp3) is 0.500. The van der Waals surface area contributed by atoms with E-state index in [1.54, 1.807) is 21.9 Å². The van der Waals surface area contributed by atoms with Crippen molar-refractivity contribution in [3.8, 4) is 0 Å². The Balaban J connectivity index is 1.78. The fourth-order valence-corrected chi connectivity index (χ4v) is 3.31. The third kappa shape index (κ3) is 3.82. The van der Waals surface area contributed by atoms with E-state index in [9.17, 15) is 14.4 Å². The van der Waals surface area contributed by atoms with E-state index in [4.69, 9.17) is 4.74 Å². The number of carbonyl (C=O) groups is 3. The molecule has 3 rings (SSSR count). The van der Waals surface area contributed by atoms with Crippen LogP contribution in [-0.4, -0.2) is 55.5 Å². The first-order chi connectivity index (χ1) is 12.1. The SMILES string of the molecule is COC1CCCCN(CC(=O)N2CCC(=O)Nc3ccccc32)C1=O. The molecule has 1 fully saturated rings. The van der Waals surface area contributed by atoms with Crippen LogP contribution in [0.1, 0.15) is 25.7 Å². The van der Waals surface area contributed by atoms with Gasteiger partial charge in [0, 0.05) is 26.6 Å². The van der Waals surface area contributed by atoms with Crippen LogP contribution in [-0.2, 0) is 19.1 Å². The number of nitrogens with zero attached hydrogens (tertiary/aromatic N) is 2. The zero-order valence-corrected chi connectivity index (χ0v) is 14.4. The first-order valence-corrected chi connectivity index (χ1v) is 8.61. The van der Waals surface area contributed by atoms with Crippen LogP contribution in [0.3, 0.4) is 0 Å². The predicted octanol–water partition coefficient (Wildman–Crippen LogP) is 1.39. The average molecular weight is 345 g/mol. The smallest absolute Gasteiger partial charge is 0.252 e. The van der Waals surface area contributed by atoms with Crippen molar-refractivity contribution in [1.29, 1.82) is 0 Å². The van der Waals surface area contributed by atoms with E-state index in [-0.39, 0.29) is 30.7 Å². The van der Waals surface area contributed by atoms with Gasteiger partial charge >= 0.3 is 0 Å². The van der Waals surface area contributed by atoms with E-state index in [0.717, 1.165) is 12.8 Å². The number of carbonyl (C=O) groups excluding carboxylic acids is 3. The Morgan fingerprint density at radius 2 is 2.04 bits per heavy atom. The first kappa shape index (κ1) is 17.4. The molecule has 134 valence electrons. The zero-order valence-electron chi connectivity index (χ0n) is 14.4. The van der Waals surface area contributed by atoms with Crippen molar-refractivity contribution in [2.75, 3.05) is 37.0 Å². The number of benzene rings is 1. The van der Waals surface area contributed by atoms with Crippen LogP contribution in [0.4, 0.5) is 11.4 Å². The predicted molar refractivity (Wildman–Crippen MR) is 93.3 cm³/mol. The number of para-hydroxylation sites is 2. The summed E-state index contributed by atoms with van der Waals surface area (Å²) in [6, 6.07) is 7.22. The molecule has 1 aromatic carbocycles. The Bertz CT molecular complexity index is 676. The van der Waals surface area contributed by atoms with Gasteiger partial charge in [-0.2, -0.15) is 0 Å². The lowest BCUT2D eigenvalue weighted by atomic mass is 10.2. The van der Waals surface area contributed by atoms with Gasteiger partial charge in [-0.05, 0) is 31.4 Å². The van der Waals surface area contributed by atoms with E-state index in [1.165, 1.54) is 7.11 Å². The van der Waals surface area contributed by atoms with Gasteiger partial charge in [-0.1, -0.05) is 12.1 Å². The number of methoxy groups -OCH3 is 1. The van der Waals surface area contributed by atoms with Gasteiger partial charge < -0.3 is 19.9 Å². The minimum absolute atomic E-state index is 0.00121. The Morgan fingerprint density at radius 1 is 1.24 bits per heavy atom. The van der Waals surface area contributed by atoms with Crippen LogP contribution in [0.2, 0.25) is 0 Å². The van der Waals surface area contributed by atoms with Crippen molar-refractivity contribution in [3.05, 3.63) is 24.3 Å². The van der Waals surface area contributed by atoms with Gasteiger partial charge in [0.15, 0.2) is 0 Å². The number of rotatable bonds is 3. The third-order valence-corrected chi connectivity index (χ3v) is 4.67. The van der Waals surface area contributed by atoms with E-state index < -0.39 is 6.10 Å². The lowest BCUT2D eigenvalue weighted by Gasteiger charge is -2.27. The molecule has 1 aromatic rings. The molecular weight excluding hydrogens is 322 g/mol. The monoisotopic (exact) mass is 345 g/mol. The number of hydrogen-bond acceptors (Lipinski definition) is 4. The van der Waals surface area contributed by atoms with Crippen molar-refractivity contribution >= 4 is 29.1 Å². The van der Waals surface area contributed by atoms with Crippen LogP contribution in [0.25, 0.3) is 0 Å². The minimum atomic E-state index is -0.477. The largest absolute Gasteiger partial charge is 0.372 e. The second kappa shape index (κ2) is 7.65. The van der Waals surface area contributed by atoms with Crippen molar-refractivity contribution in [1.82, 2.24) is 4.90 Å². The number of ether oxygens (including phenoxy) is 1.